The number of benzene rings is 2. The number of nitrogens with one attached hydrogen (secondary N) is 11. The van der Waals surface area contributed by atoms with E-state index in [0.29, 0.717) is 105 Å². The van der Waals surface area contributed by atoms with Gasteiger partial charge in [-0.3, -0.25) is 67.3 Å². The molecule has 0 aromatic heterocycles. The van der Waals surface area contributed by atoms with Crippen LogP contribution in [0.3, 0.4) is 0 Å². The van der Waals surface area contributed by atoms with E-state index in [0.717, 1.165) is 22.6 Å². The van der Waals surface area contributed by atoms with Crippen molar-refractivity contribution in [2.45, 2.75) is 217 Å². The van der Waals surface area contributed by atoms with E-state index in [2.05, 4.69) is 114 Å². The number of amides is 16. The van der Waals surface area contributed by atoms with Crippen LogP contribution >= 0.6 is 0 Å². The average molecular weight is 1510 g/mol. The maximum Gasteiger partial charge on any atom is 0.407 e. The van der Waals surface area contributed by atoms with E-state index in [4.69, 9.17) is 15.2 Å². The quantitative estimate of drug-likeness (QED) is 0.0247. The highest BCUT2D eigenvalue weighted by Crippen LogP contribution is 2.32. The van der Waals surface area contributed by atoms with Crippen molar-refractivity contribution in [3.63, 3.8) is 0 Å². The molecule has 598 valence electrons. The zero-order valence-corrected chi connectivity index (χ0v) is 65.2. The Labute approximate surface area is 634 Å². The predicted octanol–water partition coefficient (Wildman–Crippen LogP) is 6.55. The number of rotatable bonds is 46. The van der Waals surface area contributed by atoms with Crippen LogP contribution in [0.1, 0.15) is 191 Å². The molecule has 16 amide bonds. The van der Waals surface area contributed by atoms with Crippen LogP contribution in [0.4, 0.5) is 25.8 Å². The summed E-state index contributed by atoms with van der Waals surface area (Å²) in [7, 11) is 0. The van der Waals surface area contributed by atoms with E-state index >= 15 is 0 Å². The van der Waals surface area contributed by atoms with Crippen molar-refractivity contribution < 1.29 is 81.4 Å². The number of anilines is 2. The molecule has 2 aliphatic rings. The van der Waals surface area contributed by atoms with Gasteiger partial charge in [0.25, 0.3) is 23.6 Å². The molecule has 0 spiro atoms. The molecule has 0 radical (unpaired) electrons. The molecule has 0 saturated carbocycles. The van der Waals surface area contributed by atoms with Gasteiger partial charge in [-0.2, -0.15) is 0 Å². The maximum absolute atomic E-state index is 13.4. The molecule has 0 saturated heterocycles. The standard InChI is InChI=1S/C40H62N8O9.C37H56N6O8/c1-26(2)35(47-32(50)12-8-7-9-24-48-33(51)17-18-34(48)52)37(54)46-30(11-10-21-43-38(41)55)36(53)45-29-15-13-28(14-16-29)25-57-39(56)44-23-22-42-31(49)19-20-40(5,6)27(3)4;1-24(2)33(42-30(45)11-9-8-10-22-43-31(46)16-17-32(43)47)35(49)40-26(5)34(48)41-28-14-12-27(13-15-28)23-51-36(50)39-21-20-38-29(44)18-19-37(6,7)25(3)4/h13-18,26-27,30,35H,7-12,19-25H2,1-6H3,(H,42,49)(H,44,56)(H,45,53)(H,46,54)(H,47,50)(H3,41,43,55);12-17,24-26,33H,8-11,18-23H2,1-7H3,(H,38,44)(H,39,50)(H,40,49)(H,41,48)(H,42,45)/t30-,35-;26-,33-/m00/s1. The number of carbonyl (C=O) groups is 15. The summed E-state index contributed by atoms with van der Waals surface area (Å²) in [5.74, 6) is -3.82. The van der Waals surface area contributed by atoms with Crippen molar-refractivity contribution >= 4 is 100 Å². The molecule has 0 unspecified atom stereocenters. The predicted molar refractivity (Wildman–Crippen MR) is 407 cm³/mol. The van der Waals surface area contributed by atoms with Crippen molar-refractivity contribution in [2.75, 3.05) is 56.4 Å². The Morgan fingerprint density at radius 1 is 0.407 bits per heavy atom. The molecule has 4 rings (SSSR count). The molecule has 2 heterocycles. The van der Waals surface area contributed by atoms with Gasteiger partial charge in [0.1, 0.15) is 37.4 Å². The first-order chi connectivity index (χ1) is 50.9. The highest BCUT2D eigenvalue weighted by atomic mass is 16.6. The molecule has 13 N–H and O–H groups in total. The second-order valence-electron chi connectivity index (χ2n) is 29.6. The molecule has 0 aliphatic carbocycles. The molecule has 31 nitrogen and oxygen atoms in total. The molecule has 31 heteroatoms. The van der Waals surface area contributed by atoms with Gasteiger partial charge in [-0.1, -0.05) is 120 Å². The number of nitrogens with two attached hydrogens (primary N) is 1. The highest BCUT2D eigenvalue weighted by Gasteiger charge is 2.32. The van der Waals surface area contributed by atoms with Crippen molar-refractivity contribution in [3.8, 4) is 0 Å². The number of hydrogen-bond donors (Lipinski definition) is 12. The molecule has 2 aliphatic heterocycles. The third kappa shape index (κ3) is 35.9. The number of primary amides is 1. The van der Waals surface area contributed by atoms with E-state index in [9.17, 15) is 71.9 Å². The van der Waals surface area contributed by atoms with Gasteiger partial charge in [0.05, 0.1) is 0 Å². The highest BCUT2D eigenvalue weighted by molar-refractivity contribution is 6.13. The van der Waals surface area contributed by atoms with E-state index in [1.54, 1.807) is 76.2 Å². The number of ether oxygens (including phenoxy) is 2. The second kappa shape index (κ2) is 47.4. The minimum atomic E-state index is -1.03. The van der Waals surface area contributed by atoms with Gasteiger partial charge >= 0.3 is 18.2 Å². The summed E-state index contributed by atoms with van der Waals surface area (Å²) in [6, 6.07) is 8.81. The molecular weight excluding hydrogens is 1390 g/mol. The number of nitrogens with zero attached hydrogens (tertiary/aromatic N) is 2. The van der Waals surface area contributed by atoms with Gasteiger partial charge in [0, 0.05) is 107 Å². The fourth-order valence-corrected chi connectivity index (χ4v) is 10.4. The first kappa shape index (κ1) is 92.0. The lowest BCUT2D eigenvalue weighted by molar-refractivity contribution is -0.138. The Bertz CT molecular complexity index is 3390. The van der Waals surface area contributed by atoms with Crippen LogP contribution in [0.25, 0.3) is 0 Å². The third-order valence-electron chi connectivity index (χ3n) is 19.0. The first-order valence-corrected chi connectivity index (χ1v) is 37.3. The van der Waals surface area contributed by atoms with E-state index in [-0.39, 0.29) is 135 Å². The number of unbranched alkanes of at least 4 members (excludes halogenated alkanes) is 4. The van der Waals surface area contributed by atoms with Gasteiger partial charge in [-0.15, -0.1) is 0 Å². The van der Waals surface area contributed by atoms with Crippen molar-refractivity contribution in [2.24, 2.45) is 40.2 Å². The second-order valence-corrected chi connectivity index (χ2v) is 29.6. The van der Waals surface area contributed by atoms with Crippen molar-refractivity contribution in [1.29, 1.82) is 0 Å². The fourth-order valence-electron chi connectivity index (χ4n) is 10.4. The maximum atomic E-state index is 13.4. The summed E-state index contributed by atoms with van der Waals surface area (Å²) < 4.78 is 10.5. The summed E-state index contributed by atoms with van der Waals surface area (Å²) >= 11 is 0. The normalized spacial score (nSPS) is 13.8. The Hall–Kier alpha value is -10.2. The summed E-state index contributed by atoms with van der Waals surface area (Å²) in [6.07, 6.45) is 10.1. The molecule has 4 atom stereocenters. The van der Waals surface area contributed by atoms with Gasteiger partial charge in [-0.25, -0.2) is 14.4 Å². The molecule has 0 bridgehead atoms. The molecule has 2 aromatic carbocycles. The molecule has 0 fully saturated rings. The molecular formula is C77H118N14O17. The molecule has 2 aromatic rings. The van der Waals surface area contributed by atoms with Crippen LogP contribution in [-0.4, -0.2) is 169 Å². The Kier molecular flexibility index (Phi) is 40.4. The third-order valence-corrected chi connectivity index (χ3v) is 19.0. The SMILES string of the molecule is CC(C)[C@H](NC(=O)CCCCCN1C(=O)C=CC1=O)C(=O)N[C@@H](C)C(=O)Nc1ccc(COC(=O)NCCNC(=O)CCC(C)(C)C(C)C)cc1.CC(C)[C@H](NC(=O)CCCCCN1C(=O)C=CC1=O)C(=O)N[C@@H](CCCNC(N)=O)C(=O)Nc1ccc(COC(=O)NCCNC(=O)CCC(C)(C)C(C)C)cc1. The summed E-state index contributed by atoms with van der Waals surface area (Å²) in [4.78, 5) is 187. The number of imide groups is 2. The summed E-state index contributed by atoms with van der Waals surface area (Å²) in [5.41, 5.74) is 7.52. The van der Waals surface area contributed by atoms with E-state index < -0.39 is 66.0 Å². The minimum Gasteiger partial charge on any atom is -0.445 e. The van der Waals surface area contributed by atoms with Crippen molar-refractivity contribution in [3.05, 3.63) is 84.0 Å². The van der Waals surface area contributed by atoms with E-state index in [1.165, 1.54) is 31.2 Å². The van der Waals surface area contributed by atoms with Crippen LogP contribution in [0.2, 0.25) is 0 Å². The fraction of sp³-hybridized carbons (Fsp3) is 0.597. The lowest BCUT2D eigenvalue weighted by Gasteiger charge is -2.28. The monoisotopic (exact) mass is 1510 g/mol. The van der Waals surface area contributed by atoms with Crippen LogP contribution in [0.15, 0.2) is 72.8 Å². The lowest BCUT2D eigenvalue weighted by atomic mass is 9.77. The zero-order valence-electron chi connectivity index (χ0n) is 65.2. The van der Waals surface area contributed by atoms with Gasteiger partial charge < -0.3 is 73.7 Å². The minimum absolute atomic E-state index is 0.00378. The lowest BCUT2D eigenvalue weighted by Crippen LogP contribution is -2.54. The number of alkyl carbamates (subject to hydrolysis) is 2. The van der Waals surface area contributed by atoms with Crippen LogP contribution in [-0.2, 0) is 80.2 Å². The Balaban J connectivity index is 0.000000564. The van der Waals surface area contributed by atoms with E-state index in [1.807, 2.05) is 0 Å². The largest absolute Gasteiger partial charge is 0.445 e. The first-order valence-electron chi connectivity index (χ1n) is 37.3. The topological polar surface area (TPSA) is 439 Å². The Morgan fingerprint density at radius 2 is 0.778 bits per heavy atom. The Morgan fingerprint density at radius 3 is 1.15 bits per heavy atom. The number of hydrogen-bond acceptors (Lipinski definition) is 17. The number of urea groups is 1. The summed E-state index contributed by atoms with van der Waals surface area (Å²) in [6.45, 7) is 27.4. The summed E-state index contributed by atoms with van der Waals surface area (Å²) in [5, 5.41) is 29.7. The van der Waals surface area contributed by atoms with Crippen LogP contribution < -0.4 is 64.2 Å². The molecule has 108 heavy (non-hydrogen) atoms. The van der Waals surface area contributed by atoms with Crippen LogP contribution in [0, 0.1) is 34.5 Å². The van der Waals surface area contributed by atoms with Crippen molar-refractivity contribution in [1.82, 2.24) is 57.7 Å². The van der Waals surface area contributed by atoms with Crippen LogP contribution in [0.5, 0.6) is 0 Å². The number of carbonyl (C=O) groups excluding carboxylic acids is 15. The van der Waals surface area contributed by atoms with Gasteiger partial charge in [-0.05, 0) is 128 Å². The average Bonchev–Trinajstić information content (AvgIpc) is 1.80. The van der Waals surface area contributed by atoms with Gasteiger partial charge in [0.15, 0.2) is 0 Å². The smallest absolute Gasteiger partial charge is 0.407 e. The van der Waals surface area contributed by atoms with Gasteiger partial charge in [0.2, 0.25) is 47.3 Å². The zero-order chi connectivity index (χ0) is 80.7.